The molecule has 2 aromatic rings. The summed E-state index contributed by atoms with van der Waals surface area (Å²) in [4.78, 5) is 57.9. The highest BCUT2D eigenvalue weighted by atomic mass is 32.2. The van der Waals surface area contributed by atoms with Crippen LogP contribution in [0.4, 0.5) is 16.6 Å². The summed E-state index contributed by atoms with van der Waals surface area (Å²) < 4.78 is 12.7. The number of amides is 3. The van der Waals surface area contributed by atoms with Gasteiger partial charge in [-0.3, -0.25) is 14.4 Å². The molecule has 0 spiro atoms. The van der Waals surface area contributed by atoms with Gasteiger partial charge in [-0.05, 0) is 19.3 Å². The number of methoxy groups -OCH3 is 1. The minimum Gasteiger partial charge on any atom is -0.478 e. The number of hydrogen-bond acceptors (Lipinski definition) is 16. The summed E-state index contributed by atoms with van der Waals surface area (Å²) in [6, 6.07) is -1.86. The van der Waals surface area contributed by atoms with E-state index in [0.717, 1.165) is 11.5 Å². The number of hydrogen-bond donors (Lipinski definition) is 8. The Balaban J connectivity index is 0.000000913. The number of oxime groups is 1. The number of nitrogens with two attached hydrogens (primary N) is 3. The van der Waals surface area contributed by atoms with Crippen LogP contribution >= 0.6 is 23.3 Å². The molecular formula is C25H39N12O8S2+. The topological polar surface area (TPSA) is 292 Å². The van der Waals surface area contributed by atoms with Crippen LogP contribution in [0.3, 0.4) is 0 Å². The van der Waals surface area contributed by atoms with Gasteiger partial charge in [-0.2, -0.15) is 9.36 Å². The van der Waals surface area contributed by atoms with Crippen molar-refractivity contribution in [2.75, 3.05) is 44.0 Å². The van der Waals surface area contributed by atoms with Gasteiger partial charge in [0.25, 0.3) is 5.91 Å². The highest BCUT2D eigenvalue weighted by molar-refractivity contribution is 8.02. The number of aliphatic hydroxyl groups excluding tert-OH is 1. The fourth-order valence-electron chi connectivity index (χ4n) is 4.26. The molecule has 0 radical (unpaired) electrons. The van der Waals surface area contributed by atoms with E-state index in [1.807, 2.05) is 10.1 Å². The van der Waals surface area contributed by atoms with Gasteiger partial charge < -0.3 is 57.8 Å². The van der Waals surface area contributed by atoms with E-state index in [9.17, 15) is 29.4 Å². The first-order valence-corrected chi connectivity index (χ1v) is 15.6. The van der Waals surface area contributed by atoms with Crippen molar-refractivity contribution in [2.24, 2.45) is 17.9 Å². The molecule has 2 aliphatic rings. The molecule has 4 unspecified atom stereocenters. The van der Waals surface area contributed by atoms with E-state index >= 15 is 0 Å². The van der Waals surface area contributed by atoms with Crippen molar-refractivity contribution < 1.29 is 43.6 Å². The Bertz CT molecular complexity index is 1530. The molecular weight excluding hydrogens is 660 g/mol. The Morgan fingerprint density at radius 1 is 1.34 bits per heavy atom. The number of carbonyl (C=O) groups excluding carboxylic acids is 3. The third-order valence-electron chi connectivity index (χ3n) is 6.94. The molecule has 22 heteroatoms. The number of ether oxygens (including phenoxy) is 1. The number of β-lactam (4-membered cyclic amide) rings is 1. The molecule has 2 aromatic heterocycles. The minimum absolute atomic E-state index is 0.0421. The minimum atomic E-state index is -1.77. The number of carboxylic acids is 1. The molecule has 258 valence electrons. The average molecular weight is 700 g/mol. The summed E-state index contributed by atoms with van der Waals surface area (Å²) in [6.07, 6.45) is 1.09. The van der Waals surface area contributed by atoms with E-state index in [4.69, 9.17) is 26.8 Å². The maximum atomic E-state index is 13.4. The monoisotopic (exact) mass is 699 g/mol. The van der Waals surface area contributed by atoms with E-state index in [2.05, 4.69) is 30.5 Å². The molecule has 1 saturated heterocycles. The normalized spacial score (nSPS) is 19.7. The van der Waals surface area contributed by atoms with Crippen LogP contribution in [0, 0.1) is 0 Å². The maximum absolute atomic E-state index is 13.4. The lowest BCUT2D eigenvalue weighted by molar-refractivity contribution is -0.765. The van der Waals surface area contributed by atoms with Crippen LogP contribution in [0.1, 0.15) is 19.7 Å². The Morgan fingerprint density at radius 2 is 2.04 bits per heavy atom. The maximum Gasteiger partial charge on any atom is 0.350 e. The average Bonchev–Trinajstić information content (AvgIpc) is 3.59. The van der Waals surface area contributed by atoms with E-state index in [1.165, 1.54) is 37.6 Å². The third-order valence-corrected chi connectivity index (χ3v) is 8.70. The van der Waals surface area contributed by atoms with Gasteiger partial charge in [-0.25, -0.2) is 4.79 Å². The molecule has 2 aliphatic heterocycles. The van der Waals surface area contributed by atoms with Gasteiger partial charge in [-0.1, -0.05) is 5.16 Å². The quantitative estimate of drug-likeness (QED) is 0.0185. The molecule has 4 heterocycles. The molecule has 0 bridgehead atoms. The second-order valence-electron chi connectivity index (χ2n) is 10.4. The van der Waals surface area contributed by atoms with Gasteiger partial charge in [0.1, 0.15) is 23.1 Å². The number of carbonyl (C=O) groups is 4. The zero-order valence-electron chi connectivity index (χ0n) is 26.2. The molecule has 4 rings (SSSR count). The SMILES string of the molecule is CNc1c[n+](CC2=CSC3C(NC(=O)/C(=N\OC(C)(C)C(=O)O)c4nsc(N)n4)C(=O)N3C2C(O)OC)n(C)c1N.NCCNC=O. The van der Waals surface area contributed by atoms with Crippen molar-refractivity contribution in [3.05, 3.63) is 23.0 Å². The molecule has 0 aliphatic carbocycles. The zero-order chi connectivity index (χ0) is 35.1. The summed E-state index contributed by atoms with van der Waals surface area (Å²) in [5.74, 6) is -2.37. The number of thioether (sulfide) groups is 1. The van der Waals surface area contributed by atoms with E-state index < -0.39 is 52.8 Å². The van der Waals surface area contributed by atoms with Gasteiger partial charge in [-0.15, -0.1) is 21.1 Å². The largest absolute Gasteiger partial charge is 0.478 e. The van der Waals surface area contributed by atoms with Crippen molar-refractivity contribution >= 4 is 69.8 Å². The van der Waals surface area contributed by atoms with Gasteiger partial charge in [0.2, 0.25) is 35.7 Å². The predicted molar refractivity (Wildman–Crippen MR) is 171 cm³/mol. The van der Waals surface area contributed by atoms with Crippen LogP contribution in [-0.4, -0.2) is 116 Å². The lowest BCUT2D eigenvalue weighted by Crippen LogP contribution is -2.75. The second kappa shape index (κ2) is 15.9. The van der Waals surface area contributed by atoms with Crippen LogP contribution < -0.4 is 37.8 Å². The molecule has 3 amide bonds. The van der Waals surface area contributed by atoms with Crippen molar-refractivity contribution in [2.45, 2.75) is 49.7 Å². The first-order chi connectivity index (χ1) is 22.2. The number of aromatic nitrogens is 4. The predicted octanol–water partition coefficient (Wildman–Crippen LogP) is -3.04. The summed E-state index contributed by atoms with van der Waals surface area (Å²) in [5, 5.41) is 33.0. The molecule has 1 fully saturated rings. The third kappa shape index (κ3) is 8.26. The number of fused-ring (bicyclic) bond motifs is 1. The Labute approximate surface area is 277 Å². The number of carboxylic acid groups (broad SMARTS) is 1. The lowest BCUT2D eigenvalue weighted by atomic mass is 9.97. The van der Waals surface area contributed by atoms with Crippen molar-refractivity contribution in [1.29, 1.82) is 0 Å². The van der Waals surface area contributed by atoms with Crippen molar-refractivity contribution in [1.82, 2.24) is 29.6 Å². The molecule has 4 atom stereocenters. The van der Waals surface area contributed by atoms with E-state index in [0.29, 0.717) is 43.1 Å². The zero-order valence-corrected chi connectivity index (χ0v) is 27.9. The molecule has 47 heavy (non-hydrogen) atoms. The molecule has 11 N–H and O–H groups in total. The fraction of sp³-hybridized carbons (Fsp3) is 0.520. The highest BCUT2D eigenvalue weighted by Crippen LogP contribution is 2.41. The van der Waals surface area contributed by atoms with E-state index in [1.54, 1.807) is 25.0 Å². The Morgan fingerprint density at radius 3 is 2.55 bits per heavy atom. The van der Waals surface area contributed by atoms with Gasteiger partial charge >= 0.3 is 5.97 Å². The smallest absolute Gasteiger partial charge is 0.350 e. The Hall–Kier alpha value is -4.51. The van der Waals surface area contributed by atoms with E-state index in [-0.39, 0.29) is 11.0 Å². The van der Waals surface area contributed by atoms with Crippen LogP contribution in [0.25, 0.3) is 0 Å². The lowest BCUT2D eigenvalue weighted by Gasteiger charge is -2.53. The summed E-state index contributed by atoms with van der Waals surface area (Å²) in [5.41, 5.74) is 15.9. The Kier molecular flexibility index (Phi) is 12.5. The number of aliphatic hydroxyl groups is 1. The summed E-state index contributed by atoms with van der Waals surface area (Å²) in [6.45, 7) is 3.87. The first kappa shape index (κ1) is 37.0. The standard InChI is InChI=1S/C22H30N10O7S2.C3H8N2O/c1-22(2,20(36)37)39-28-11(15-27-21(24)41-29-15)16(33)26-12-17(34)32-13(19(35)38-5)9(8-40-18(12)32)6-31-7-10(25-3)14(23)30(31)4;4-1-2-5-3-6/h7-8,12-13,18-19,23,25,35H,6H2,1-5H3,(H4,24,26,27,29,33,36,37);3H,1-2,4H2,(H,5,6)/p+1/b28-11-;. The number of nitrogen functional groups attached to an aromatic ring is 2. The highest BCUT2D eigenvalue weighted by Gasteiger charge is 2.56. The molecule has 0 saturated carbocycles. The second-order valence-corrected chi connectivity index (χ2v) is 12.2. The number of anilines is 3. The van der Waals surface area contributed by atoms with Crippen molar-refractivity contribution in [3.8, 4) is 0 Å². The molecule has 20 nitrogen and oxygen atoms in total. The summed E-state index contributed by atoms with van der Waals surface area (Å²) in [7, 11) is 4.85. The summed E-state index contributed by atoms with van der Waals surface area (Å²) >= 11 is 2.07. The first-order valence-electron chi connectivity index (χ1n) is 13.9. The van der Waals surface area contributed by atoms with Gasteiger partial charge in [0.05, 0.1) is 7.05 Å². The van der Waals surface area contributed by atoms with Gasteiger partial charge in [0.15, 0.2) is 23.8 Å². The van der Waals surface area contributed by atoms with Crippen LogP contribution in [0.5, 0.6) is 0 Å². The molecule has 0 aromatic carbocycles. The number of aliphatic carboxylic acids is 1. The van der Waals surface area contributed by atoms with Crippen molar-refractivity contribution in [3.63, 3.8) is 0 Å². The number of rotatable bonds is 14. The number of nitrogens with zero attached hydrogens (tertiary/aromatic N) is 6. The fourth-order valence-corrected chi connectivity index (χ4v) is 5.93. The van der Waals surface area contributed by atoms with Gasteiger partial charge in [0, 0.05) is 44.4 Å². The van der Waals surface area contributed by atoms with Crippen LogP contribution in [0.15, 0.2) is 22.3 Å². The van der Waals surface area contributed by atoms with Crippen LogP contribution in [0.2, 0.25) is 0 Å². The number of nitrogens with one attached hydrogen (secondary N) is 3. The van der Waals surface area contributed by atoms with Crippen LogP contribution in [-0.2, 0) is 42.3 Å².